The number of carbonyl (C=O) groups is 1. The van der Waals surface area contributed by atoms with Gasteiger partial charge in [-0.2, -0.15) is 0 Å². The highest BCUT2D eigenvalue weighted by Crippen LogP contribution is 2.29. The molecule has 28 heavy (non-hydrogen) atoms. The molecule has 0 saturated carbocycles. The van der Waals surface area contributed by atoms with Crippen LogP contribution in [0.3, 0.4) is 0 Å². The number of piperazine rings is 1. The Morgan fingerprint density at radius 1 is 0.964 bits per heavy atom. The van der Waals surface area contributed by atoms with Gasteiger partial charge in [-0.3, -0.25) is 4.79 Å². The smallest absolute Gasteiger partial charge is 0.272 e. The number of benzene rings is 1. The third-order valence-electron chi connectivity index (χ3n) is 5.47. The molecular weight excluding hydrogens is 354 g/mol. The third kappa shape index (κ3) is 3.74. The average molecular weight is 381 g/mol. The molecule has 7 nitrogen and oxygen atoms in total. The number of hydrogen-bond donors (Lipinski definition) is 0. The standard InChI is InChI=1S/C21H27N5O2/c1-16-22-17(21(27)26-9-5-6-10-26)15-20(23-16)25-13-11-24(12-14-25)18-7-3-4-8-19(18)28-2/h3-4,7-8,15H,5-6,9-14H2,1-2H3. The molecule has 0 bridgehead atoms. The summed E-state index contributed by atoms with van der Waals surface area (Å²) in [6, 6.07) is 9.96. The summed E-state index contributed by atoms with van der Waals surface area (Å²) in [5.41, 5.74) is 1.63. The zero-order chi connectivity index (χ0) is 19.5. The van der Waals surface area contributed by atoms with Crippen molar-refractivity contribution in [1.29, 1.82) is 0 Å². The molecule has 0 N–H and O–H groups in total. The fourth-order valence-electron chi connectivity index (χ4n) is 3.97. The number of likely N-dealkylation sites (tertiary alicyclic amines) is 1. The average Bonchev–Trinajstić information content (AvgIpc) is 3.28. The summed E-state index contributed by atoms with van der Waals surface area (Å²) in [5.74, 6) is 2.41. The van der Waals surface area contributed by atoms with Crippen LogP contribution in [0.5, 0.6) is 5.75 Å². The number of para-hydroxylation sites is 2. The van der Waals surface area contributed by atoms with Crippen LogP contribution in [-0.4, -0.2) is 67.2 Å². The maximum atomic E-state index is 12.7. The molecule has 0 spiro atoms. The second-order valence-electron chi connectivity index (χ2n) is 7.30. The van der Waals surface area contributed by atoms with E-state index in [0.29, 0.717) is 11.5 Å². The Morgan fingerprint density at radius 2 is 1.64 bits per heavy atom. The maximum absolute atomic E-state index is 12.7. The first kappa shape index (κ1) is 18.5. The molecule has 1 aromatic carbocycles. The van der Waals surface area contributed by atoms with Crippen molar-refractivity contribution in [2.45, 2.75) is 19.8 Å². The first-order chi connectivity index (χ1) is 13.7. The molecule has 1 amide bonds. The first-order valence-electron chi connectivity index (χ1n) is 9.93. The van der Waals surface area contributed by atoms with Crippen LogP contribution in [0.15, 0.2) is 30.3 Å². The van der Waals surface area contributed by atoms with Gasteiger partial charge >= 0.3 is 0 Å². The van der Waals surface area contributed by atoms with E-state index in [0.717, 1.165) is 69.4 Å². The topological polar surface area (TPSA) is 61.8 Å². The molecule has 0 aliphatic carbocycles. The van der Waals surface area contributed by atoms with E-state index < -0.39 is 0 Å². The highest BCUT2D eigenvalue weighted by Gasteiger charge is 2.24. The Balaban J connectivity index is 1.48. The number of ether oxygens (including phenoxy) is 1. The van der Waals surface area contributed by atoms with Gasteiger partial charge in [0, 0.05) is 45.3 Å². The van der Waals surface area contributed by atoms with Gasteiger partial charge in [-0.25, -0.2) is 9.97 Å². The van der Waals surface area contributed by atoms with Gasteiger partial charge in [-0.15, -0.1) is 0 Å². The van der Waals surface area contributed by atoms with E-state index in [2.05, 4.69) is 25.8 Å². The highest BCUT2D eigenvalue weighted by molar-refractivity contribution is 5.93. The van der Waals surface area contributed by atoms with Crippen molar-refractivity contribution < 1.29 is 9.53 Å². The van der Waals surface area contributed by atoms with Crippen molar-refractivity contribution in [3.05, 3.63) is 41.9 Å². The largest absolute Gasteiger partial charge is 0.495 e. The molecule has 2 aliphatic heterocycles. The monoisotopic (exact) mass is 381 g/mol. The lowest BCUT2D eigenvalue weighted by Gasteiger charge is -2.37. The minimum Gasteiger partial charge on any atom is -0.495 e. The Morgan fingerprint density at radius 3 is 2.36 bits per heavy atom. The van der Waals surface area contributed by atoms with Crippen molar-refractivity contribution in [3.8, 4) is 5.75 Å². The molecule has 3 heterocycles. The summed E-state index contributed by atoms with van der Waals surface area (Å²) >= 11 is 0. The summed E-state index contributed by atoms with van der Waals surface area (Å²) in [6.07, 6.45) is 2.15. The van der Waals surface area contributed by atoms with E-state index in [1.165, 1.54) is 0 Å². The van der Waals surface area contributed by atoms with Crippen LogP contribution in [0.25, 0.3) is 0 Å². The van der Waals surface area contributed by atoms with Gasteiger partial charge in [0.2, 0.25) is 0 Å². The summed E-state index contributed by atoms with van der Waals surface area (Å²) < 4.78 is 5.50. The second kappa shape index (κ2) is 8.04. The van der Waals surface area contributed by atoms with Crippen LogP contribution in [0, 0.1) is 6.92 Å². The second-order valence-corrected chi connectivity index (χ2v) is 7.30. The normalized spacial score (nSPS) is 17.1. The fraction of sp³-hybridized carbons (Fsp3) is 0.476. The van der Waals surface area contributed by atoms with Crippen molar-refractivity contribution in [2.24, 2.45) is 0 Å². The van der Waals surface area contributed by atoms with E-state index >= 15 is 0 Å². The van der Waals surface area contributed by atoms with E-state index in [4.69, 9.17) is 4.74 Å². The highest BCUT2D eigenvalue weighted by atomic mass is 16.5. The number of nitrogens with zero attached hydrogens (tertiary/aromatic N) is 5. The van der Waals surface area contributed by atoms with Gasteiger partial charge in [-0.1, -0.05) is 12.1 Å². The molecule has 2 aliphatic rings. The number of rotatable bonds is 4. The predicted molar refractivity (Wildman–Crippen MR) is 109 cm³/mol. The van der Waals surface area contributed by atoms with Crippen LogP contribution in [0.4, 0.5) is 11.5 Å². The maximum Gasteiger partial charge on any atom is 0.272 e. The molecule has 148 valence electrons. The van der Waals surface area contributed by atoms with Crippen LogP contribution in [0.1, 0.15) is 29.2 Å². The lowest BCUT2D eigenvalue weighted by Crippen LogP contribution is -2.47. The number of methoxy groups -OCH3 is 1. The molecule has 0 unspecified atom stereocenters. The molecule has 2 fully saturated rings. The van der Waals surface area contributed by atoms with Gasteiger partial charge in [0.25, 0.3) is 5.91 Å². The fourth-order valence-corrected chi connectivity index (χ4v) is 3.97. The molecule has 0 atom stereocenters. The lowest BCUT2D eigenvalue weighted by molar-refractivity contribution is 0.0786. The summed E-state index contributed by atoms with van der Waals surface area (Å²) in [6.45, 7) is 6.94. The Bertz CT molecular complexity index is 842. The van der Waals surface area contributed by atoms with Gasteiger partial charge in [-0.05, 0) is 31.9 Å². The minimum absolute atomic E-state index is 0.0249. The zero-order valence-corrected chi connectivity index (χ0v) is 16.6. The summed E-state index contributed by atoms with van der Waals surface area (Å²) in [4.78, 5) is 28.2. The zero-order valence-electron chi connectivity index (χ0n) is 16.6. The van der Waals surface area contributed by atoms with Crippen LogP contribution in [-0.2, 0) is 0 Å². The van der Waals surface area contributed by atoms with Crippen molar-refractivity contribution >= 4 is 17.4 Å². The molecule has 0 radical (unpaired) electrons. The molecule has 4 rings (SSSR count). The van der Waals surface area contributed by atoms with Gasteiger partial charge in [0.1, 0.15) is 23.1 Å². The van der Waals surface area contributed by atoms with E-state index in [9.17, 15) is 4.79 Å². The van der Waals surface area contributed by atoms with E-state index in [1.807, 2.05) is 36.1 Å². The van der Waals surface area contributed by atoms with Crippen molar-refractivity contribution in [1.82, 2.24) is 14.9 Å². The van der Waals surface area contributed by atoms with Crippen molar-refractivity contribution in [2.75, 3.05) is 56.2 Å². The molecule has 2 aromatic rings. The minimum atomic E-state index is 0.0249. The summed E-state index contributed by atoms with van der Waals surface area (Å²) in [7, 11) is 1.71. The number of aromatic nitrogens is 2. The molecule has 7 heteroatoms. The van der Waals surface area contributed by atoms with Gasteiger partial charge in [0.15, 0.2) is 0 Å². The molecule has 1 aromatic heterocycles. The SMILES string of the molecule is COc1ccccc1N1CCN(c2cc(C(=O)N3CCCC3)nc(C)n2)CC1. The van der Waals surface area contributed by atoms with Crippen LogP contribution in [0.2, 0.25) is 0 Å². The van der Waals surface area contributed by atoms with Crippen molar-refractivity contribution in [3.63, 3.8) is 0 Å². The first-order valence-corrected chi connectivity index (χ1v) is 9.93. The van der Waals surface area contributed by atoms with Gasteiger partial charge < -0.3 is 19.4 Å². The van der Waals surface area contributed by atoms with Crippen LogP contribution >= 0.6 is 0 Å². The number of hydrogen-bond acceptors (Lipinski definition) is 6. The number of anilines is 2. The number of carbonyl (C=O) groups excluding carboxylic acids is 1. The number of amides is 1. The third-order valence-corrected chi connectivity index (χ3v) is 5.47. The number of aryl methyl sites for hydroxylation is 1. The van der Waals surface area contributed by atoms with E-state index in [-0.39, 0.29) is 5.91 Å². The predicted octanol–water partition coefficient (Wildman–Crippen LogP) is 2.36. The van der Waals surface area contributed by atoms with Crippen LogP contribution < -0.4 is 14.5 Å². The van der Waals surface area contributed by atoms with E-state index in [1.54, 1.807) is 7.11 Å². The molecule has 2 saturated heterocycles. The Hall–Kier alpha value is -2.83. The molecular formula is C21H27N5O2. The summed E-state index contributed by atoms with van der Waals surface area (Å²) in [5, 5.41) is 0. The van der Waals surface area contributed by atoms with Gasteiger partial charge in [0.05, 0.1) is 12.8 Å². The Labute approximate surface area is 165 Å². The lowest BCUT2D eigenvalue weighted by atomic mass is 10.2. The Kier molecular flexibility index (Phi) is 5.32. The quantitative estimate of drug-likeness (QED) is 0.810.